The van der Waals surface area contributed by atoms with Crippen LogP contribution in [0.5, 0.6) is 0 Å². The summed E-state index contributed by atoms with van der Waals surface area (Å²) in [7, 11) is 0. The summed E-state index contributed by atoms with van der Waals surface area (Å²) in [5.74, 6) is -0.230. The molecule has 2 nitrogen and oxygen atoms in total. The molecule has 0 aliphatic carbocycles. The molecule has 0 saturated carbocycles. The van der Waals surface area contributed by atoms with Crippen molar-refractivity contribution in [1.29, 1.82) is 0 Å². The second kappa shape index (κ2) is 7.87. The molecular formula is C14H22BrFN2. The quantitative estimate of drug-likeness (QED) is 0.831. The molecule has 1 aromatic rings. The molecule has 0 radical (unpaired) electrons. The SMILES string of the molecule is CCCN(CCC)C(CN)c1ccc(F)c(Br)c1. The van der Waals surface area contributed by atoms with Crippen molar-refractivity contribution in [3.63, 3.8) is 0 Å². The van der Waals surface area contributed by atoms with Gasteiger partial charge in [0.05, 0.1) is 4.47 Å². The van der Waals surface area contributed by atoms with Crippen molar-refractivity contribution in [2.45, 2.75) is 32.7 Å². The van der Waals surface area contributed by atoms with Crippen molar-refractivity contribution in [3.8, 4) is 0 Å². The summed E-state index contributed by atoms with van der Waals surface area (Å²) in [4.78, 5) is 2.37. The molecule has 1 atom stereocenters. The number of nitrogens with two attached hydrogens (primary N) is 1. The molecule has 0 fully saturated rings. The van der Waals surface area contributed by atoms with E-state index in [2.05, 4.69) is 34.7 Å². The summed E-state index contributed by atoms with van der Waals surface area (Å²) in [5, 5.41) is 0. The zero-order valence-electron chi connectivity index (χ0n) is 11.1. The summed E-state index contributed by atoms with van der Waals surface area (Å²) in [6.07, 6.45) is 2.19. The lowest BCUT2D eigenvalue weighted by Crippen LogP contribution is -2.35. The molecule has 1 unspecified atom stereocenters. The van der Waals surface area contributed by atoms with E-state index in [0.717, 1.165) is 31.5 Å². The fourth-order valence-electron chi connectivity index (χ4n) is 2.21. The lowest BCUT2D eigenvalue weighted by molar-refractivity contribution is 0.202. The number of halogens is 2. The predicted octanol–water partition coefficient (Wildman–Crippen LogP) is 3.71. The van der Waals surface area contributed by atoms with Crippen molar-refractivity contribution >= 4 is 15.9 Å². The molecule has 0 aliphatic rings. The van der Waals surface area contributed by atoms with Gasteiger partial charge in [-0.15, -0.1) is 0 Å². The van der Waals surface area contributed by atoms with Gasteiger partial charge >= 0.3 is 0 Å². The lowest BCUT2D eigenvalue weighted by Gasteiger charge is -2.30. The third kappa shape index (κ3) is 4.04. The van der Waals surface area contributed by atoms with Gasteiger partial charge in [-0.1, -0.05) is 19.9 Å². The van der Waals surface area contributed by atoms with Crippen LogP contribution < -0.4 is 5.73 Å². The number of rotatable bonds is 7. The second-order valence-corrected chi connectivity index (χ2v) is 5.32. The van der Waals surface area contributed by atoms with E-state index in [1.165, 1.54) is 6.07 Å². The average Bonchev–Trinajstić information content (AvgIpc) is 2.35. The third-order valence-corrected chi connectivity index (χ3v) is 3.62. The van der Waals surface area contributed by atoms with E-state index in [1.54, 1.807) is 0 Å². The van der Waals surface area contributed by atoms with Crippen LogP contribution >= 0.6 is 15.9 Å². The van der Waals surface area contributed by atoms with E-state index >= 15 is 0 Å². The Kier molecular flexibility index (Phi) is 6.82. The normalized spacial score (nSPS) is 13.0. The summed E-state index contributed by atoms with van der Waals surface area (Å²) in [5.41, 5.74) is 6.98. The highest BCUT2D eigenvalue weighted by Crippen LogP contribution is 2.25. The standard InChI is InChI=1S/C14H22BrFN2/c1-3-7-18(8-4-2)14(10-17)11-5-6-13(16)12(15)9-11/h5-6,9,14H,3-4,7-8,10,17H2,1-2H3. The van der Waals surface area contributed by atoms with E-state index in [9.17, 15) is 4.39 Å². The van der Waals surface area contributed by atoms with Crippen molar-refractivity contribution in [1.82, 2.24) is 4.90 Å². The molecular weight excluding hydrogens is 295 g/mol. The molecule has 4 heteroatoms. The fraction of sp³-hybridized carbons (Fsp3) is 0.571. The molecule has 0 aliphatic heterocycles. The van der Waals surface area contributed by atoms with Gasteiger partial charge in [-0.3, -0.25) is 4.90 Å². The summed E-state index contributed by atoms with van der Waals surface area (Å²) in [6, 6.07) is 5.33. The van der Waals surface area contributed by atoms with Gasteiger partial charge in [0.15, 0.2) is 0 Å². The summed E-state index contributed by atoms with van der Waals surface area (Å²) < 4.78 is 13.8. The lowest BCUT2D eigenvalue weighted by atomic mass is 10.0. The highest BCUT2D eigenvalue weighted by molar-refractivity contribution is 9.10. The van der Waals surface area contributed by atoms with Gasteiger partial charge in [0, 0.05) is 12.6 Å². The van der Waals surface area contributed by atoms with Gasteiger partial charge in [-0.05, 0) is 59.6 Å². The van der Waals surface area contributed by atoms with Crippen molar-refractivity contribution in [3.05, 3.63) is 34.1 Å². The van der Waals surface area contributed by atoms with Crippen LogP contribution in [-0.2, 0) is 0 Å². The van der Waals surface area contributed by atoms with Gasteiger partial charge in [0.25, 0.3) is 0 Å². The van der Waals surface area contributed by atoms with Crippen LogP contribution in [-0.4, -0.2) is 24.5 Å². The van der Waals surface area contributed by atoms with Crippen LogP contribution in [0.1, 0.15) is 38.3 Å². The second-order valence-electron chi connectivity index (χ2n) is 4.46. The molecule has 1 rings (SSSR count). The molecule has 0 spiro atoms. The Labute approximate surface area is 117 Å². The van der Waals surface area contributed by atoms with Crippen LogP contribution in [0.4, 0.5) is 4.39 Å². The van der Waals surface area contributed by atoms with Crippen molar-refractivity contribution < 1.29 is 4.39 Å². The van der Waals surface area contributed by atoms with Crippen LogP contribution in [0.25, 0.3) is 0 Å². The monoisotopic (exact) mass is 316 g/mol. The number of benzene rings is 1. The third-order valence-electron chi connectivity index (χ3n) is 3.01. The Bertz CT molecular complexity index is 365. The van der Waals surface area contributed by atoms with E-state index in [1.807, 2.05) is 12.1 Å². The van der Waals surface area contributed by atoms with Crippen LogP contribution in [0, 0.1) is 5.82 Å². The van der Waals surface area contributed by atoms with Crippen molar-refractivity contribution in [2.75, 3.05) is 19.6 Å². The van der Waals surface area contributed by atoms with E-state index < -0.39 is 0 Å². The first-order chi connectivity index (χ1) is 8.63. The van der Waals surface area contributed by atoms with Gasteiger partial charge in [-0.2, -0.15) is 0 Å². The van der Waals surface area contributed by atoms with E-state index in [0.29, 0.717) is 11.0 Å². The molecule has 0 heterocycles. The molecule has 0 bridgehead atoms. The van der Waals surface area contributed by atoms with Crippen LogP contribution in [0.15, 0.2) is 22.7 Å². The smallest absolute Gasteiger partial charge is 0.137 e. The minimum Gasteiger partial charge on any atom is -0.329 e. The first-order valence-corrected chi connectivity index (χ1v) is 7.32. The Morgan fingerprint density at radius 1 is 1.28 bits per heavy atom. The van der Waals surface area contributed by atoms with Gasteiger partial charge in [0.2, 0.25) is 0 Å². The Morgan fingerprint density at radius 3 is 2.33 bits per heavy atom. The maximum atomic E-state index is 13.3. The highest BCUT2D eigenvalue weighted by Gasteiger charge is 2.18. The molecule has 0 saturated heterocycles. The minimum atomic E-state index is -0.230. The van der Waals surface area contributed by atoms with Gasteiger partial charge in [-0.25, -0.2) is 4.39 Å². The molecule has 102 valence electrons. The van der Waals surface area contributed by atoms with E-state index in [-0.39, 0.29) is 11.9 Å². The number of hydrogen-bond donors (Lipinski definition) is 1. The van der Waals surface area contributed by atoms with Gasteiger partial charge in [0.1, 0.15) is 5.82 Å². The van der Waals surface area contributed by atoms with Gasteiger partial charge < -0.3 is 5.73 Å². The minimum absolute atomic E-state index is 0.168. The maximum absolute atomic E-state index is 13.3. The molecule has 0 aromatic heterocycles. The zero-order valence-corrected chi connectivity index (χ0v) is 12.7. The summed E-state index contributed by atoms with van der Waals surface area (Å²) in [6.45, 7) is 6.92. The fourth-order valence-corrected chi connectivity index (χ4v) is 2.61. The molecule has 1 aromatic carbocycles. The largest absolute Gasteiger partial charge is 0.329 e. The topological polar surface area (TPSA) is 29.3 Å². The Morgan fingerprint density at radius 2 is 1.89 bits per heavy atom. The zero-order chi connectivity index (χ0) is 13.5. The molecule has 2 N–H and O–H groups in total. The van der Waals surface area contributed by atoms with Crippen LogP contribution in [0.2, 0.25) is 0 Å². The summed E-state index contributed by atoms with van der Waals surface area (Å²) >= 11 is 3.24. The number of nitrogens with zero attached hydrogens (tertiary/aromatic N) is 1. The molecule has 0 amide bonds. The highest BCUT2D eigenvalue weighted by atomic mass is 79.9. The molecule has 18 heavy (non-hydrogen) atoms. The Hall–Kier alpha value is -0.450. The first-order valence-electron chi connectivity index (χ1n) is 6.53. The average molecular weight is 317 g/mol. The van der Waals surface area contributed by atoms with Crippen molar-refractivity contribution in [2.24, 2.45) is 5.73 Å². The Balaban J connectivity index is 2.94. The van der Waals surface area contributed by atoms with Crippen LogP contribution in [0.3, 0.4) is 0 Å². The first kappa shape index (κ1) is 15.6. The number of hydrogen-bond acceptors (Lipinski definition) is 2. The maximum Gasteiger partial charge on any atom is 0.137 e. The van der Waals surface area contributed by atoms with E-state index in [4.69, 9.17) is 5.73 Å². The predicted molar refractivity (Wildman–Crippen MR) is 78.1 cm³/mol.